The van der Waals surface area contributed by atoms with Crippen LogP contribution in [0.4, 0.5) is 5.82 Å². The van der Waals surface area contributed by atoms with Crippen LogP contribution in [0.15, 0.2) is 12.1 Å². The van der Waals surface area contributed by atoms with Crippen molar-refractivity contribution in [3.8, 4) is 6.07 Å². The maximum atomic E-state index is 8.49. The summed E-state index contributed by atoms with van der Waals surface area (Å²) in [6, 6.07) is 5.25. The van der Waals surface area contributed by atoms with Gasteiger partial charge in [0.25, 0.3) is 0 Å². The molecule has 11 heavy (non-hydrogen) atoms. The molecule has 0 radical (unpaired) electrons. The van der Waals surface area contributed by atoms with E-state index in [1.165, 1.54) is 0 Å². The largest absolute Gasteiger partial charge is 0.373 e. The summed E-state index contributed by atoms with van der Waals surface area (Å²) in [5.74, 6) is 0.661. The molecule has 0 saturated carbocycles. The molecule has 56 valence electrons. The maximum Gasteiger partial charge on any atom is 0.149 e. The number of nitriles is 1. The fraction of sp³-hybridized carbons (Fsp3) is 0.143. The van der Waals surface area contributed by atoms with Gasteiger partial charge in [0.2, 0.25) is 0 Å². The van der Waals surface area contributed by atoms with Crippen molar-refractivity contribution >= 4 is 17.4 Å². The first-order valence-corrected chi connectivity index (χ1v) is 3.40. The predicted octanol–water partition coefficient (Wildman–Crippen LogP) is 1.65. The van der Waals surface area contributed by atoms with Crippen molar-refractivity contribution in [3.05, 3.63) is 22.8 Å². The lowest BCUT2D eigenvalue weighted by molar-refractivity contribution is 1.27. The molecule has 0 atom stereocenters. The van der Waals surface area contributed by atoms with E-state index in [-0.39, 0.29) is 5.15 Å². The fourth-order valence-corrected chi connectivity index (χ4v) is 0.853. The number of rotatable bonds is 1. The van der Waals surface area contributed by atoms with E-state index in [1.807, 2.05) is 6.07 Å². The van der Waals surface area contributed by atoms with Gasteiger partial charge in [0.05, 0.1) is 5.56 Å². The molecule has 1 aromatic heterocycles. The molecule has 0 aliphatic rings. The molecular weight excluding hydrogens is 162 g/mol. The molecule has 0 aliphatic carbocycles. The van der Waals surface area contributed by atoms with Crippen molar-refractivity contribution in [1.82, 2.24) is 4.98 Å². The molecule has 0 aromatic carbocycles. The van der Waals surface area contributed by atoms with Gasteiger partial charge in [-0.05, 0) is 12.1 Å². The third-order valence-corrected chi connectivity index (χ3v) is 1.51. The van der Waals surface area contributed by atoms with Gasteiger partial charge >= 0.3 is 0 Å². The topological polar surface area (TPSA) is 48.7 Å². The second-order valence-corrected chi connectivity index (χ2v) is 2.25. The van der Waals surface area contributed by atoms with Crippen LogP contribution in [0.1, 0.15) is 5.56 Å². The number of aromatic nitrogens is 1. The second kappa shape index (κ2) is 3.22. The van der Waals surface area contributed by atoms with Gasteiger partial charge in [-0.3, -0.25) is 0 Å². The molecule has 0 spiro atoms. The van der Waals surface area contributed by atoms with Crippen molar-refractivity contribution in [2.24, 2.45) is 0 Å². The van der Waals surface area contributed by atoms with Gasteiger partial charge in [-0.1, -0.05) is 11.6 Å². The fourth-order valence-electron chi connectivity index (χ4n) is 0.657. The Morgan fingerprint density at radius 3 is 2.82 bits per heavy atom. The SMILES string of the molecule is CNc1ccc(C#N)c(Cl)n1. The van der Waals surface area contributed by atoms with Gasteiger partial charge in [0.1, 0.15) is 17.0 Å². The Kier molecular flexibility index (Phi) is 2.29. The number of hydrogen-bond donors (Lipinski definition) is 1. The number of halogens is 1. The van der Waals surface area contributed by atoms with Gasteiger partial charge in [-0.25, -0.2) is 4.98 Å². The van der Waals surface area contributed by atoms with E-state index in [9.17, 15) is 0 Å². The minimum Gasteiger partial charge on any atom is -0.373 e. The Morgan fingerprint density at radius 1 is 1.64 bits per heavy atom. The Bertz CT molecular complexity index is 303. The summed E-state index contributed by atoms with van der Waals surface area (Å²) in [6.45, 7) is 0. The van der Waals surface area contributed by atoms with E-state index < -0.39 is 0 Å². The normalized spacial score (nSPS) is 8.82. The lowest BCUT2D eigenvalue weighted by Crippen LogP contribution is -1.92. The quantitative estimate of drug-likeness (QED) is 0.647. The molecule has 1 rings (SSSR count). The minimum atomic E-state index is 0.236. The number of hydrogen-bond acceptors (Lipinski definition) is 3. The maximum absolute atomic E-state index is 8.49. The molecule has 0 saturated heterocycles. The van der Waals surface area contributed by atoms with Gasteiger partial charge in [0, 0.05) is 7.05 Å². The van der Waals surface area contributed by atoms with Crippen LogP contribution in [0, 0.1) is 11.3 Å². The third-order valence-electron chi connectivity index (χ3n) is 1.23. The molecule has 0 amide bonds. The standard InChI is InChI=1S/C7H6ClN3/c1-10-6-3-2-5(4-9)7(8)11-6/h2-3H,1H3,(H,10,11). The molecule has 0 fully saturated rings. The Hall–Kier alpha value is -1.27. The molecule has 4 heteroatoms. The van der Waals surface area contributed by atoms with E-state index in [0.29, 0.717) is 11.4 Å². The van der Waals surface area contributed by atoms with Crippen molar-refractivity contribution in [2.75, 3.05) is 12.4 Å². The van der Waals surface area contributed by atoms with Gasteiger partial charge in [-0.2, -0.15) is 5.26 Å². The number of nitrogens with zero attached hydrogens (tertiary/aromatic N) is 2. The smallest absolute Gasteiger partial charge is 0.149 e. The van der Waals surface area contributed by atoms with Crippen LogP contribution in [-0.2, 0) is 0 Å². The van der Waals surface area contributed by atoms with E-state index in [4.69, 9.17) is 16.9 Å². The Morgan fingerprint density at radius 2 is 2.36 bits per heavy atom. The highest BCUT2D eigenvalue weighted by Crippen LogP contribution is 2.14. The van der Waals surface area contributed by atoms with Crippen molar-refractivity contribution in [1.29, 1.82) is 5.26 Å². The summed E-state index contributed by atoms with van der Waals surface area (Å²) >= 11 is 5.63. The highest BCUT2D eigenvalue weighted by Gasteiger charge is 1.99. The zero-order valence-corrected chi connectivity index (χ0v) is 6.68. The molecular formula is C7H6ClN3. The first-order chi connectivity index (χ1) is 5.27. The molecule has 0 aliphatic heterocycles. The summed E-state index contributed by atoms with van der Waals surface area (Å²) in [6.07, 6.45) is 0. The van der Waals surface area contributed by atoms with Crippen LogP contribution >= 0.6 is 11.6 Å². The van der Waals surface area contributed by atoms with Crippen LogP contribution < -0.4 is 5.32 Å². The van der Waals surface area contributed by atoms with Crippen LogP contribution in [-0.4, -0.2) is 12.0 Å². The third kappa shape index (κ3) is 1.60. The minimum absolute atomic E-state index is 0.236. The molecule has 1 N–H and O–H groups in total. The highest BCUT2D eigenvalue weighted by molar-refractivity contribution is 6.30. The summed E-state index contributed by atoms with van der Waals surface area (Å²) in [5.41, 5.74) is 0.394. The molecule has 0 unspecified atom stereocenters. The zero-order valence-electron chi connectivity index (χ0n) is 5.93. The van der Waals surface area contributed by atoms with Crippen LogP contribution in [0.25, 0.3) is 0 Å². The summed E-state index contributed by atoms with van der Waals surface area (Å²) in [4.78, 5) is 3.89. The van der Waals surface area contributed by atoms with E-state index >= 15 is 0 Å². The average molecular weight is 168 g/mol. The first-order valence-electron chi connectivity index (χ1n) is 3.02. The predicted molar refractivity (Wildman–Crippen MR) is 43.5 cm³/mol. The van der Waals surface area contributed by atoms with E-state index in [1.54, 1.807) is 19.2 Å². The summed E-state index contributed by atoms with van der Waals surface area (Å²) in [5, 5.41) is 11.5. The molecule has 0 bridgehead atoms. The van der Waals surface area contributed by atoms with Crippen LogP contribution in [0.5, 0.6) is 0 Å². The van der Waals surface area contributed by atoms with Crippen LogP contribution in [0.3, 0.4) is 0 Å². The average Bonchev–Trinajstić information content (AvgIpc) is 2.04. The summed E-state index contributed by atoms with van der Waals surface area (Å²) < 4.78 is 0. The monoisotopic (exact) mass is 167 g/mol. The number of pyridine rings is 1. The lowest BCUT2D eigenvalue weighted by Gasteiger charge is -1.98. The molecule has 3 nitrogen and oxygen atoms in total. The second-order valence-electron chi connectivity index (χ2n) is 1.90. The Balaban J connectivity index is 3.12. The van der Waals surface area contributed by atoms with Gasteiger partial charge in [0.15, 0.2) is 0 Å². The van der Waals surface area contributed by atoms with Crippen molar-refractivity contribution < 1.29 is 0 Å². The number of nitrogens with one attached hydrogen (secondary N) is 1. The zero-order chi connectivity index (χ0) is 8.27. The highest BCUT2D eigenvalue weighted by atomic mass is 35.5. The van der Waals surface area contributed by atoms with Crippen LogP contribution in [0.2, 0.25) is 5.15 Å². The summed E-state index contributed by atoms with van der Waals surface area (Å²) in [7, 11) is 1.74. The first kappa shape index (κ1) is 7.83. The van der Waals surface area contributed by atoms with E-state index in [0.717, 1.165) is 0 Å². The number of anilines is 1. The Labute approximate surface area is 69.6 Å². The van der Waals surface area contributed by atoms with Crippen molar-refractivity contribution in [2.45, 2.75) is 0 Å². The lowest BCUT2D eigenvalue weighted by atomic mass is 10.3. The molecule has 1 heterocycles. The van der Waals surface area contributed by atoms with Gasteiger partial charge in [-0.15, -0.1) is 0 Å². The van der Waals surface area contributed by atoms with Crippen molar-refractivity contribution in [3.63, 3.8) is 0 Å². The van der Waals surface area contributed by atoms with Gasteiger partial charge < -0.3 is 5.32 Å². The van der Waals surface area contributed by atoms with E-state index in [2.05, 4.69) is 10.3 Å². The molecule has 1 aromatic rings.